The molecular weight excluding hydrogens is 282 g/mol. The van der Waals surface area contributed by atoms with Gasteiger partial charge in [-0.3, -0.25) is 9.98 Å². The second-order valence-corrected chi connectivity index (χ2v) is 5.87. The molecular formula is C20H33N3. The molecule has 3 nitrogen and oxygen atoms in total. The average molecular weight is 316 g/mol. The van der Waals surface area contributed by atoms with Gasteiger partial charge in [-0.05, 0) is 38.3 Å². The minimum atomic E-state index is 0.813. The van der Waals surface area contributed by atoms with Crippen LogP contribution in [-0.4, -0.2) is 25.0 Å². The van der Waals surface area contributed by atoms with Gasteiger partial charge in [-0.2, -0.15) is 0 Å². The second kappa shape index (κ2) is 13.0. The van der Waals surface area contributed by atoms with Gasteiger partial charge >= 0.3 is 0 Å². The first kappa shape index (κ1) is 19.6. The van der Waals surface area contributed by atoms with Gasteiger partial charge in [0.15, 0.2) is 0 Å². The van der Waals surface area contributed by atoms with E-state index >= 15 is 0 Å². The maximum Gasteiger partial charge on any atom is 0.0716 e. The number of rotatable bonds is 12. The van der Waals surface area contributed by atoms with Crippen LogP contribution in [0.3, 0.4) is 0 Å². The summed E-state index contributed by atoms with van der Waals surface area (Å²) >= 11 is 0. The summed E-state index contributed by atoms with van der Waals surface area (Å²) in [6, 6.07) is 8.36. The van der Waals surface area contributed by atoms with Crippen molar-refractivity contribution in [2.45, 2.75) is 65.2 Å². The maximum absolute atomic E-state index is 5.52. The molecule has 1 aromatic rings. The smallest absolute Gasteiger partial charge is 0.0716 e. The van der Waals surface area contributed by atoms with E-state index in [4.69, 9.17) is 10.7 Å². The summed E-state index contributed by atoms with van der Waals surface area (Å²) in [4.78, 5) is 9.48. The summed E-state index contributed by atoms with van der Waals surface area (Å²) in [5, 5.41) is 0. The number of aliphatic imine (C=N–C) groups is 2. The van der Waals surface area contributed by atoms with E-state index < -0.39 is 0 Å². The monoisotopic (exact) mass is 315 g/mol. The standard InChI is InChI=1S/C20H33N3/c1-3-12-19(23-17-11-7-5-6-10-15-21)18-13-8-9-14-20(18)22-16-4-2/h8-9,13-14,16H,3-7,10-12,15,17,21H2,1-2H3. The molecule has 0 bridgehead atoms. The molecule has 0 aliphatic carbocycles. The highest BCUT2D eigenvalue weighted by Crippen LogP contribution is 2.21. The zero-order valence-electron chi connectivity index (χ0n) is 14.9. The van der Waals surface area contributed by atoms with Crippen molar-refractivity contribution >= 4 is 17.6 Å². The van der Waals surface area contributed by atoms with E-state index in [9.17, 15) is 0 Å². The van der Waals surface area contributed by atoms with Crippen LogP contribution in [-0.2, 0) is 0 Å². The lowest BCUT2D eigenvalue weighted by Gasteiger charge is -2.09. The Hall–Kier alpha value is -1.48. The first-order valence-electron chi connectivity index (χ1n) is 9.18. The molecule has 23 heavy (non-hydrogen) atoms. The van der Waals surface area contributed by atoms with Crippen LogP contribution < -0.4 is 5.73 Å². The minimum Gasteiger partial charge on any atom is -0.330 e. The number of hydrogen-bond acceptors (Lipinski definition) is 3. The molecule has 3 heteroatoms. The molecule has 0 atom stereocenters. The number of benzene rings is 1. The van der Waals surface area contributed by atoms with Gasteiger partial charge in [0.05, 0.1) is 5.69 Å². The zero-order valence-corrected chi connectivity index (χ0v) is 14.9. The van der Waals surface area contributed by atoms with Gasteiger partial charge in [-0.1, -0.05) is 57.7 Å². The fraction of sp³-hybridized carbons (Fsp3) is 0.600. The summed E-state index contributed by atoms with van der Waals surface area (Å²) in [6.07, 6.45) is 11.1. The van der Waals surface area contributed by atoms with Gasteiger partial charge < -0.3 is 5.73 Å². The fourth-order valence-corrected chi connectivity index (χ4v) is 2.56. The largest absolute Gasteiger partial charge is 0.330 e. The lowest BCUT2D eigenvalue weighted by Crippen LogP contribution is -2.03. The number of nitrogens with two attached hydrogens (primary N) is 1. The highest BCUT2D eigenvalue weighted by atomic mass is 14.8. The van der Waals surface area contributed by atoms with Crippen LogP contribution in [0.4, 0.5) is 5.69 Å². The van der Waals surface area contributed by atoms with E-state index in [2.05, 4.69) is 37.0 Å². The zero-order chi connectivity index (χ0) is 16.8. The minimum absolute atomic E-state index is 0.813. The number of para-hydroxylation sites is 1. The maximum atomic E-state index is 5.52. The fourth-order valence-electron chi connectivity index (χ4n) is 2.56. The van der Waals surface area contributed by atoms with Crippen molar-refractivity contribution in [2.24, 2.45) is 15.7 Å². The van der Waals surface area contributed by atoms with Crippen molar-refractivity contribution in [3.8, 4) is 0 Å². The predicted molar refractivity (Wildman–Crippen MR) is 103 cm³/mol. The third-order valence-electron chi connectivity index (χ3n) is 3.78. The molecule has 1 rings (SSSR count). The van der Waals surface area contributed by atoms with Gasteiger partial charge in [0.1, 0.15) is 0 Å². The van der Waals surface area contributed by atoms with Crippen molar-refractivity contribution in [3.05, 3.63) is 29.8 Å². The Labute approximate surface area is 142 Å². The van der Waals surface area contributed by atoms with Crippen LogP contribution in [0.25, 0.3) is 0 Å². The van der Waals surface area contributed by atoms with E-state index in [1.165, 1.54) is 30.5 Å². The molecule has 2 N–H and O–H groups in total. The molecule has 0 spiro atoms. The molecule has 0 aliphatic heterocycles. The third-order valence-corrected chi connectivity index (χ3v) is 3.78. The van der Waals surface area contributed by atoms with E-state index in [-0.39, 0.29) is 0 Å². The highest BCUT2D eigenvalue weighted by Gasteiger charge is 2.07. The molecule has 128 valence electrons. The van der Waals surface area contributed by atoms with E-state index in [0.29, 0.717) is 0 Å². The summed E-state index contributed by atoms with van der Waals surface area (Å²) < 4.78 is 0. The molecule has 0 saturated heterocycles. The number of unbranched alkanes of at least 4 members (excludes halogenated alkanes) is 4. The van der Waals surface area contributed by atoms with Crippen molar-refractivity contribution in [3.63, 3.8) is 0 Å². The molecule has 0 unspecified atom stereocenters. The highest BCUT2D eigenvalue weighted by molar-refractivity contribution is 6.04. The van der Waals surface area contributed by atoms with Crippen molar-refractivity contribution in [1.82, 2.24) is 0 Å². The van der Waals surface area contributed by atoms with Gasteiger partial charge in [0.25, 0.3) is 0 Å². The Balaban J connectivity index is 2.66. The quantitative estimate of drug-likeness (QED) is 0.413. The molecule has 0 saturated carbocycles. The molecule has 1 aromatic carbocycles. The summed E-state index contributed by atoms with van der Waals surface area (Å²) in [7, 11) is 0. The first-order valence-corrected chi connectivity index (χ1v) is 9.18. The first-order chi connectivity index (χ1) is 11.3. The Kier molecular flexibility index (Phi) is 11.1. The van der Waals surface area contributed by atoms with Crippen LogP contribution in [0.2, 0.25) is 0 Å². The molecule has 0 aliphatic rings. The van der Waals surface area contributed by atoms with Crippen LogP contribution >= 0.6 is 0 Å². The van der Waals surface area contributed by atoms with E-state index in [1.807, 2.05) is 12.3 Å². The Morgan fingerprint density at radius 1 is 1.04 bits per heavy atom. The third kappa shape index (κ3) is 8.08. The Morgan fingerprint density at radius 3 is 2.52 bits per heavy atom. The lowest BCUT2D eigenvalue weighted by molar-refractivity contribution is 0.623. The van der Waals surface area contributed by atoms with Crippen LogP contribution in [0.1, 0.15) is 70.8 Å². The number of nitrogens with zero attached hydrogens (tertiary/aromatic N) is 2. The van der Waals surface area contributed by atoms with Gasteiger partial charge in [0, 0.05) is 24.0 Å². The Morgan fingerprint density at radius 2 is 1.78 bits per heavy atom. The SMILES string of the molecule is CCC=Nc1ccccc1C(CCC)=NCCCCCCCN. The van der Waals surface area contributed by atoms with Crippen molar-refractivity contribution in [2.75, 3.05) is 13.1 Å². The topological polar surface area (TPSA) is 50.7 Å². The van der Waals surface area contributed by atoms with E-state index in [0.717, 1.165) is 50.9 Å². The predicted octanol–water partition coefficient (Wildman–Crippen LogP) is 5.30. The van der Waals surface area contributed by atoms with Crippen LogP contribution in [0.15, 0.2) is 34.3 Å². The Bertz CT molecular complexity index is 478. The van der Waals surface area contributed by atoms with Gasteiger partial charge in [0.2, 0.25) is 0 Å². The second-order valence-electron chi connectivity index (χ2n) is 5.87. The molecule has 0 radical (unpaired) electrons. The average Bonchev–Trinajstić information content (AvgIpc) is 2.58. The lowest BCUT2D eigenvalue weighted by atomic mass is 10.0. The molecule has 0 fully saturated rings. The van der Waals surface area contributed by atoms with Crippen LogP contribution in [0, 0.1) is 0 Å². The summed E-state index contributed by atoms with van der Waals surface area (Å²) in [5.74, 6) is 0. The molecule has 0 aromatic heterocycles. The van der Waals surface area contributed by atoms with Gasteiger partial charge in [-0.15, -0.1) is 0 Å². The summed E-state index contributed by atoms with van der Waals surface area (Å²) in [6.45, 7) is 6.05. The van der Waals surface area contributed by atoms with Crippen LogP contribution in [0.5, 0.6) is 0 Å². The normalized spacial score (nSPS) is 12.2. The summed E-state index contributed by atoms with van der Waals surface area (Å²) in [5.41, 5.74) is 8.97. The van der Waals surface area contributed by atoms with E-state index in [1.54, 1.807) is 0 Å². The molecule has 0 heterocycles. The number of hydrogen-bond donors (Lipinski definition) is 1. The molecule has 0 amide bonds. The van der Waals surface area contributed by atoms with Crippen molar-refractivity contribution in [1.29, 1.82) is 0 Å². The van der Waals surface area contributed by atoms with Crippen molar-refractivity contribution < 1.29 is 0 Å². The van der Waals surface area contributed by atoms with Gasteiger partial charge in [-0.25, -0.2) is 0 Å².